The first-order chi connectivity index (χ1) is 7.37. The van der Waals surface area contributed by atoms with Crippen LogP contribution in [0.2, 0.25) is 0 Å². The van der Waals surface area contributed by atoms with E-state index in [1.165, 1.54) is 0 Å². The Balaban J connectivity index is 2.34. The maximum absolute atomic E-state index is 11.3. The predicted molar refractivity (Wildman–Crippen MR) is 64.1 cm³/mol. The van der Waals surface area contributed by atoms with Gasteiger partial charge in [-0.1, -0.05) is 13.8 Å². The van der Waals surface area contributed by atoms with Gasteiger partial charge in [-0.05, 0) is 38.1 Å². The third-order valence-electron chi connectivity index (χ3n) is 3.49. The molecule has 4 heteroatoms. The van der Waals surface area contributed by atoms with Crippen molar-refractivity contribution in [2.45, 2.75) is 45.1 Å². The van der Waals surface area contributed by atoms with Crippen molar-refractivity contribution >= 4 is 5.91 Å². The highest BCUT2D eigenvalue weighted by atomic mass is 16.3. The maximum Gasteiger partial charge on any atom is 0.234 e. The molecule has 94 valence electrons. The number of carbonyl (C=O) groups is 1. The number of aliphatic hydroxyl groups is 1. The van der Waals surface area contributed by atoms with Crippen molar-refractivity contribution in [1.29, 1.82) is 0 Å². The van der Waals surface area contributed by atoms with Crippen LogP contribution in [0.1, 0.15) is 39.5 Å². The van der Waals surface area contributed by atoms with E-state index in [-0.39, 0.29) is 5.91 Å². The predicted octanol–water partition coefficient (Wildman–Crippen LogP) is 0.653. The number of nitrogens with one attached hydrogen (secondary N) is 2. The molecule has 0 spiro atoms. The average Bonchev–Trinajstić information content (AvgIpc) is 2.21. The molecule has 1 aliphatic rings. The summed E-state index contributed by atoms with van der Waals surface area (Å²) in [6.45, 7) is 5.14. The molecule has 0 bridgehead atoms. The number of rotatable bonds is 4. The zero-order valence-electron chi connectivity index (χ0n) is 10.6. The van der Waals surface area contributed by atoms with Gasteiger partial charge in [0.05, 0.1) is 12.1 Å². The highest BCUT2D eigenvalue weighted by Gasteiger charge is 2.36. The van der Waals surface area contributed by atoms with Crippen molar-refractivity contribution in [3.63, 3.8) is 0 Å². The van der Waals surface area contributed by atoms with E-state index < -0.39 is 5.60 Å². The first-order valence-corrected chi connectivity index (χ1v) is 6.01. The van der Waals surface area contributed by atoms with Gasteiger partial charge >= 0.3 is 0 Å². The van der Waals surface area contributed by atoms with Gasteiger partial charge in [0.2, 0.25) is 5.91 Å². The molecule has 0 aliphatic heterocycles. The molecule has 0 atom stereocenters. The number of hydrogen-bond donors (Lipinski definition) is 3. The fourth-order valence-electron chi connectivity index (χ4n) is 2.06. The Labute approximate surface area is 97.8 Å². The van der Waals surface area contributed by atoms with Crippen LogP contribution in [0.5, 0.6) is 0 Å². The van der Waals surface area contributed by atoms with E-state index in [1.807, 2.05) is 0 Å². The third kappa shape index (κ3) is 4.10. The lowest BCUT2D eigenvalue weighted by atomic mass is 9.71. The van der Waals surface area contributed by atoms with Crippen molar-refractivity contribution in [2.75, 3.05) is 20.1 Å². The second-order valence-electron chi connectivity index (χ2n) is 5.70. The van der Waals surface area contributed by atoms with E-state index in [0.717, 1.165) is 25.7 Å². The van der Waals surface area contributed by atoms with Crippen LogP contribution < -0.4 is 10.6 Å². The summed E-state index contributed by atoms with van der Waals surface area (Å²) in [6.07, 6.45) is 3.59. The van der Waals surface area contributed by atoms with Crippen molar-refractivity contribution in [1.82, 2.24) is 10.6 Å². The topological polar surface area (TPSA) is 61.4 Å². The van der Waals surface area contributed by atoms with Gasteiger partial charge in [-0.25, -0.2) is 0 Å². The van der Waals surface area contributed by atoms with Gasteiger partial charge in [-0.3, -0.25) is 4.79 Å². The molecule has 1 fully saturated rings. The Bertz CT molecular complexity index is 241. The summed E-state index contributed by atoms with van der Waals surface area (Å²) in [5.74, 6) is -0.0549. The summed E-state index contributed by atoms with van der Waals surface area (Å²) in [5.41, 5.74) is -0.361. The highest BCUT2D eigenvalue weighted by Crippen LogP contribution is 2.39. The van der Waals surface area contributed by atoms with Crippen molar-refractivity contribution in [3.05, 3.63) is 0 Å². The third-order valence-corrected chi connectivity index (χ3v) is 3.49. The van der Waals surface area contributed by atoms with Gasteiger partial charge < -0.3 is 15.7 Å². The van der Waals surface area contributed by atoms with Crippen molar-refractivity contribution < 1.29 is 9.90 Å². The number of likely N-dealkylation sites (N-methyl/N-ethyl adjacent to an activating group) is 1. The lowest BCUT2D eigenvalue weighted by molar-refractivity contribution is -0.122. The fourth-order valence-corrected chi connectivity index (χ4v) is 2.06. The van der Waals surface area contributed by atoms with Crippen LogP contribution in [0.3, 0.4) is 0 Å². The van der Waals surface area contributed by atoms with E-state index in [4.69, 9.17) is 0 Å². The van der Waals surface area contributed by atoms with E-state index >= 15 is 0 Å². The summed E-state index contributed by atoms with van der Waals surface area (Å²) >= 11 is 0. The summed E-state index contributed by atoms with van der Waals surface area (Å²) in [4.78, 5) is 11.3. The van der Waals surface area contributed by atoms with Crippen LogP contribution in [0.4, 0.5) is 0 Å². The van der Waals surface area contributed by atoms with E-state index in [0.29, 0.717) is 18.5 Å². The van der Waals surface area contributed by atoms with Gasteiger partial charge in [0.25, 0.3) is 0 Å². The fraction of sp³-hybridized carbons (Fsp3) is 0.917. The summed E-state index contributed by atoms with van der Waals surface area (Å²) < 4.78 is 0. The van der Waals surface area contributed by atoms with Gasteiger partial charge in [-0.15, -0.1) is 0 Å². The zero-order chi connectivity index (χ0) is 12.2. The molecule has 0 aromatic heterocycles. The van der Waals surface area contributed by atoms with Crippen LogP contribution >= 0.6 is 0 Å². The van der Waals surface area contributed by atoms with Crippen molar-refractivity contribution in [2.24, 2.45) is 5.41 Å². The van der Waals surface area contributed by atoms with E-state index in [1.54, 1.807) is 7.05 Å². The van der Waals surface area contributed by atoms with Gasteiger partial charge in [0.1, 0.15) is 0 Å². The summed E-state index contributed by atoms with van der Waals surface area (Å²) in [5, 5.41) is 15.8. The average molecular weight is 228 g/mol. The number of hydrogen-bond acceptors (Lipinski definition) is 3. The monoisotopic (exact) mass is 228 g/mol. The Morgan fingerprint density at radius 1 is 1.25 bits per heavy atom. The molecule has 0 aromatic carbocycles. The minimum absolute atomic E-state index is 0.0549. The Hall–Kier alpha value is -0.610. The molecule has 1 aliphatic carbocycles. The first-order valence-electron chi connectivity index (χ1n) is 6.01. The van der Waals surface area contributed by atoms with Crippen LogP contribution in [-0.2, 0) is 4.79 Å². The zero-order valence-corrected chi connectivity index (χ0v) is 10.6. The lowest BCUT2D eigenvalue weighted by Gasteiger charge is -2.40. The van der Waals surface area contributed by atoms with Crippen LogP contribution in [-0.4, -0.2) is 36.8 Å². The Morgan fingerprint density at radius 2 is 1.81 bits per heavy atom. The molecule has 0 radical (unpaired) electrons. The van der Waals surface area contributed by atoms with Gasteiger partial charge in [0, 0.05) is 6.54 Å². The molecule has 1 rings (SSSR count). The molecule has 4 nitrogen and oxygen atoms in total. The number of carbonyl (C=O) groups excluding carboxylic acids is 1. The van der Waals surface area contributed by atoms with Crippen LogP contribution in [0.15, 0.2) is 0 Å². The molecule has 0 heterocycles. The van der Waals surface area contributed by atoms with E-state index in [2.05, 4.69) is 24.5 Å². The minimum Gasteiger partial charge on any atom is -0.388 e. The Morgan fingerprint density at radius 3 is 2.31 bits per heavy atom. The van der Waals surface area contributed by atoms with E-state index in [9.17, 15) is 9.90 Å². The molecule has 1 amide bonds. The minimum atomic E-state index is -0.696. The summed E-state index contributed by atoms with van der Waals surface area (Å²) in [7, 11) is 1.73. The van der Waals surface area contributed by atoms with Gasteiger partial charge in [0.15, 0.2) is 0 Å². The molecule has 0 saturated heterocycles. The molecule has 0 unspecified atom stereocenters. The summed E-state index contributed by atoms with van der Waals surface area (Å²) in [6, 6.07) is 0. The molecule has 3 N–H and O–H groups in total. The first kappa shape index (κ1) is 13.5. The molecular formula is C12H24N2O2. The normalized spacial score (nSPS) is 22.8. The molecule has 0 aromatic rings. The van der Waals surface area contributed by atoms with Crippen LogP contribution in [0.25, 0.3) is 0 Å². The lowest BCUT2D eigenvalue weighted by Crippen LogP contribution is -2.47. The smallest absolute Gasteiger partial charge is 0.234 e. The second kappa shape index (κ2) is 5.15. The van der Waals surface area contributed by atoms with Gasteiger partial charge in [-0.2, -0.15) is 0 Å². The standard InChI is InChI=1S/C12H24N2O2/c1-11(2)4-6-12(16,7-5-11)9-14-10(15)8-13-3/h13,16H,4-9H2,1-3H3,(H,14,15). The largest absolute Gasteiger partial charge is 0.388 e. The SMILES string of the molecule is CNCC(=O)NCC1(O)CCC(C)(C)CC1. The van der Waals surface area contributed by atoms with Crippen molar-refractivity contribution in [3.8, 4) is 0 Å². The maximum atomic E-state index is 11.3. The number of amides is 1. The molecule has 1 saturated carbocycles. The highest BCUT2D eigenvalue weighted by molar-refractivity contribution is 5.78. The van der Waals surface area contributed by atoms with Crippen LogP contribution in [0, 0.1) is 5.41 Å². The quantitative estimate of drug-likeness (QED) is 0.662. The molecule has 16 heavy (non-hydrogen) atoms. The molecular weight excluding hydrogens is 204 g/mol. The second-order valence-corrected chi connectivity index (χ2v) is 5.70. The Kier molecular flexibility index (Phi) is 4.33.